The number of rotatable bonds is 5. The van der Waals surface area contributed by atoms with Gasteiger partial charge in [-0.15, -0.1) is 0 Å². The summed E-state index contributed by atoms with van der Waals surface area (Å²) in [5, 5.41) is 0.317. The van der Waals surface area contributed by atoms with Crippen molar-refractivity contribution in [3.8, 4) is 0 Å². The molecule has 1 aliphatic carbocycles. The first-order valence-electron chi connectivity index (χ1n) is 8.79. The molecule has 2 aromatic rings. The topological polar surface area (TPSA) is 77.5 Å². The summed E-state index contributed by atoms with van der Waals surface area (Å²) in [6, 6.07) is 7.97. The number of sulfone groups is 1. The van der Waals surface area contributed by atoms with Crippen molar-refractivity contribution < 1.29 is 29.8 Å². The van der Waals surface area contributed by atoms with Crippen LogP contribution < -0.4 is 0 Å². The molecule has 0 heterocycles. The van der Waals surface area contributed by atoms with E-state index in [4.69, 9.17) is 15.8 Å². The third-order valence-electron chi connectivity index (χ3n) is 5.03. The highest BCUT2D eigenvalue weighted by atomic mass is 35.5. The smallest absolute Gasteiger partial charge is 0.264 e. The average Bonchev–Trinajstić information content (AvgIpc) is 2.62. The van der Waals surface area contributed by atoms with Crippen LogP contribution in [-0.2, 0) is 28.9 Å². The predicted molar refractivity (Wildman–Crippen MR) is 105 cm³/mol. The molecule has 0 saturated heterocycles. The first kappa shape index (κ1) is 22.1. The van der Waals surface area contributed by atoms with Crippen molar-refractivity contribution in [2.75, 3.05) is 6.26 Å². The van der Waals surface area contributed by atoms with Gasteiger partial charge in [0.15, 0.2) is 9.84 Å². The minimum Gasteiger partial charge on any atom is -0.267 e. The van der Waals surface area contributed by atoms with E-state index < -0.39 is 42.4 Å². The molecule has 2 atom stereocenters. The van der Waals surface area contributed by atoms with Crippen molar-refractivity contribution in [1.82, 2.24) is 0 Å². The second kappa shape index (κ2) is 7.94. The van der Waals surface area contributed by atoms with Crippen LogP contribution in [0.25, 0.3) is 0 Å². The summed E-state index contributed by atoms with van der Waals surface area (Å²) in [6.07, 6.45) is 0.0707. The van der Waals surface area contributed by atoms with Crippen LogP contribution in [0, 0.1) is 11.6 Å². The Balaban J connectivity index is 2.21. The second-order valence-corrected chi connectivity index (χ2v) is 11.4. The van der Waals surface area contributed by atoms with Crippen LogP contribution in [0.5, 0.6) is 0 Å². The first-order valence-corrected chi connectivity index (χ1v) is 12.5. The Labute approximate surface area is 173 Å². The zero-order valence-corrected chi connectivity index (χ0v) is 17.8. The van der Waals surface area contributed by atoms with Crippen molar-refractivity contribution in [1.29, 1.82) is 0 Å². The van der Waals surface area contributed by atoms with Gasteiger partial charge in [-0.25, -0.2) is 17.2 Å². The normalized spacial score (nSPS) is 23.1. The van der Waals surface area contributed by atoms with Crippen LogP contribution >= 0.6 is 11.6 Å². The molecule has 0 spiro atoms. The van der Waals surface area contributed by atoms with Gasteiger partial charge in [0, 0.05) is 10.6 Å². The van der Waals surface area contributed by atoms with Crippen LogP contribution in [-0.4, -0.2) is 29.2 Å². The molecule has 2 aromatic carbocycles. The molecule has 10 heteroatoms. The SMILES string of the molecule is CS(=O)(=O)O[C@@H]1CCC[C@](c2cc(F)ccc2F)(S(=O)(=O)c2ccc(Cl)cc2)C1. The maximum atomic E-state index is 14.8. The van der Waals surface area contributed by atoms with Crippen molar-refractivity contribution in [3.63, 3.8) is 0 Å². The summed E-state index contributed by atoms with van der Waals surface area (Å²) in [5.41, 5.74) is -0.339. The van der Waals surface area contributed by atoms with Crippen LogP contribution in [0.1, 0.15) is 31.2 Å². The molecule has 0 radical (unpaired) electrons. The van der Waals surface area contributed by atoms with E-state index in [-0.39, 0.29) is 36.1 Å². The van der Waals surface area contributed by atoms with Crippen LogP contribution in [0.4, 0.5) is 8.78 Å². The average molecular weight is 465 g/mol. The molecule has 0 amide bonds. The van der Waals surface area contributed by atoms with Gasteiger partial charge in [-0.3, -0.25) is 4.18 Å². The second-order valence-electron chi connectivity index (χ2n) is 7.09. The maximum Gasteiger partial charge on any atom is 0.264 e. The summed E-state index contributed by atoms with van der Waals surface area (Å²) < 4.78 is 82.4. The van der Waals surface area contributed by atoms with Gasteiger partial charge >= 0.3 is 0 Å². The lowest BCUT2D eigenvalue weighted by molar-refractivity contribution is 0.138. The number of hydrogen-bond acceptors (Lipinski definition) is 5. The molecule has 0 N–H and O–H groups in total. The van der Waals surface area contributed by atoms with Gasteiger partial charge in [0.1, 0.15) is 16.4 Å². The molecule has 0 unspecified atom stereocenters. The number of benzene rings is 2. The van der Waals surface area contributed by atoms with E-state index in [1.807, 2.05) is 0 Å². The monoisotopic (exact) mass is 464 g/mol. The zero-order valence-electron chi connectivity index (χ0n) is 15.4. The van der Waals surface area contributed by atoms with Crippen LogP contribution in [0.15, 0.2) is 47.4 Å². The Hall–Kier alpha value is -1.55. The standard InChI is InChI=1S/C19H19ClF2O5S2/c1-28(23,24)27-15-3-2-10-19(12-15,17-11-14(21)6-9-18(17)22)29(25,26)16-7-4-13(20)5-8-16/h4-9,11,15H,2-3,10,12H2,1H3/t15-,19+/m1/s1. The van der Waals surface area contributed by atoms with E-state index in [1.165, 1.54) is 24.3 Å². The number of hydrogen-bond donors (Lipinski definition) is 0. The molecule has 1 fully saturated rings. The molecular weight excluding hydrogens is 446 g/mol. The highest BCUT2D eigenvalue weighted by molar-refractivity contribution is 7.92. The van der Waals surface area contributed by atoms with Gasteiger partial charge < -0.3 is 0 Å². The van der Waals surface area contributed by atoms with Crippen LogP contribution in [0.3, 0.4) is 0 Å². The predicted octanol–water partition coefficient (Wildman–Crippen LogP) is 4.21. The van der Waals surface area contributed by atoms with E-state index in [9.17, 15) is 25.6 Å². The Morgan fingerprint density at radius 3 is 2.34 bits per heavy atom. The van der Waals surface area contributed by atoms with Crippen molar-refractivity contribution in [2.45, 2.75) is 41.4 Å². The third-order valence-corrected chi connectivity index (χ3v) is 8.42. The quantitative estimate of drug-likeness (QED) is 0.619. The molecular formula is C19H19ClF2O5S2. The van der Waals surface area contributed by atoms with Gasteiger partial charge in [-0.2, -0.15) is 8.42 Å². The Bertz CT molecular complexity index is 1120. The molecule has 5 nitrogen and oxygen atoms in total. The van der Waals surface area contributed by atoms with E-state index >= 15 is 0 Å². The molecule has 3 rings (SSSR count). The first-order chi connectivity index (χ1) is 13.4. The van der Waals surface area contributed by atoms with Gasteiger partial charge in [-0.1, -0.05) is 11.6 Å². The van der Waals surface area contributed by atoms with Gasteiger partial charge in [0.2, 0.25) is 0 Å². The molecule has 0 bridgehead atoms. The van der Waals surface area contributed by atoms with Crippen molar-refractivity contribution in [3.05, 3.63) is 64.7 Å². The van der Waals surface area contributed by atoms with E-state index in [2.05, 4.69) is 0 Å². The number of halogens is 3. The lowest BCUT2D eigenvalue weighted by atomic mass is 9.81. The largest absolute Gasteiger partial charge is 0.267 e. The molecule has 1 aliphatic rings. The Morgan fingerprint density at radius 1 is 1.07 bits per heavy atom. The zero-order chi connectivity index (χ0) is 21.4. The summed E-state index contributed by atoms with van der Waals surface area (Å²) in [5.74, 6) is -1.68. The fourth-order valence-corrected chi connectivity index (χ4v) is 6.83. The highest BCUT2D eigenvalue weighted by Crippen LogP contribution is 2.48. The summed E-state index contributed by atoms with van der Waals surface area (Å²) in [6.45, 7) is 0. The highest BCUT2D eigenvalue weighted by Gasteiger charge is 2.51. The Kier molecular flexibility index (Phi) is 6.06. The van der Waals surface area contributed by atoms with E-state index in [0.717, 1.165) is 24.5 Å². The summed E-state index contributed by atoms with van der Waals surface area (Å²) in [7, 11) is -8.13. The van der Waals surface area contributed by atoms with E-state index in [0.29, 0.717) is 5.02 Å². The minimum atomic E-state index is -4.26. The van der Waals surface area contributed by atoms with E-state index in [1.54, 1.807) is 0 Å². The molecule has 0 aliphatic heterocycles. The molecule has 1 saturated carbocycles. The lowest BCUT2D eigenvalue weighted by Gasteiger charge is -2.40. The summed E-state index contributed by atoms with van der Waals surface area (Å²) >= 11 is 5.85. The van der Waals surface area contributed by atoms with Crippen LogP contribution in [0.2, 0.25) is 5.02 Å². The molecule has 0 aromatic heterocycles. The van der Waals surface area contributed by atoms with Gasteiger partial charge in [0.25, 0.3) is 10.1 Å². The van der Waals surface area contributed by atoms with Crippen molar-refractivity contribution >= 4 is 31.6 Å². The lowest BCUT2D eigenvalue weighted by Crippen LogP contribution is -2.44. The summed E-state index contributed by atoms with van der Waals surface area (Å²) in [4.78, 5) is -0.120. The minimum absolute atomic E-state index is 0.0119. The van der Waals surface area contributed by atoms with Gasteiger partial charge in [0.05, 0.1) is 17.3 Å². The fourth-order valence-electron chi connectivity index (χ4n) is 3.84. The third kappa shape index (κ3) is 4.47. The van der Waals surface area contributed by atoms with Gasteiger partial charge in [-0.05, 0) is 68.1 Å². The van der Waals surface area contributed by atoms with Crippen molar-refractivity contribution in [2.24, 2.45) is 0 Å². The Morgan fingerprint density at radius 2 is 1.72 bits per heavy atom. The molecule has 29 heavy (non-hydrogen) atoms. The maximum absolute atomic E-state index is 14.8. The fraction of sp³-hybridized carbons (Fsp3) is 0.368. The molecule has 158 valence electrons.